The molecule has 1 heterocycles. The van der Waals surface area contributed by atoms with Gasteiger partial charge >= 0.3 is 0 Å². The van der Waals surface area contributed by atoms with Crippen LogP contribution in [0, 0.1) is 6.92 Å². The van der Waals surface area contributed by atoms with Crippen molar-refractivity contribution in [3.63, 3.8) is 0 Å². The van der Waals surface area contributed by atoms with Gasteiger partial charge in [0.2, 0.25) is 0 Å². The molecular formula is C22H20BrNO. The first kappa shape index (κ1) is 16.3. The molecule has 0 amide bonds. The van der Waals surface area contributed by atoms with E-state index >= 15 is 0 Å². The van der Waals surface area contributed by atoms with Crippen molar-refractivity contribution in [3.8, 4) is 11.1 Å². The van der Waals surface area contributed by atoms with E-state index in [2.05, 4.69) is 63.8 Å². The minimum atomic E-state index is 0.286. The van der Waals surface area contributed by atoms with Gasteiger partial charge in [-0.1, -0.05) is 58.4 Å². The number of Topliss-reactive ketones (excluding diaryl/α,β-unsaturated/α-hetero) is 1. The number of carbonyl (C=O) groups excluding carboxylic acids is 1. The molecule has 3 heteroatoms. The number of nitrogens with zero attached hydrogens (tertiary/aromatic N) is 1. The molecule has 0 radical (unpaired) electrons. The van der Waals surface area contributed by atoms with E-state index < -0.39 is 0 Å². The average Bonchev–Trinajstić information content (AvgIpc) is 2.90. The first-order valence-electron chi connectivity index (χ1n) is 8.70. The zero-order chi connectivity index (χ0) is 17.4. The SMILES string of the molecule is Cc1c(-c2ccc(Br)cc2)c2c(n1Cc1ccccc1)CCCC2=O. The molecule has 1 aliphatic rings. The molecule has 2 nitrogen and oxygen atoms in total. The number of carbonyl (C=O) groups is 1. The fraction of sp³-hybridized carbons (Fsp3) is 0.227. The Morgan fingerprint density at radius 1 is 0.960 bits per heavy atom. The molecule has 0 bridgehead atoms. The van der Waals surface area contributed by atoms with E-state index in [4.69, 9.17) is 0 Å². The molecule has 0 saturated heterocycles. The largest absolute Gasteiger partial charge is 0.343 e. The van der Waals surface area contributed by atoms with Crippen LogP contribution in [-0.4, -0.2) is 10.4 Å². The molecule has 0 atom stereocenters. The Balaban J connectivity index is 1.89. The highest BCUT2D eigenvalue weighted by Crippen LogP contribution is 2.37. The average molecular weight is 394 g/mol. The zero-order valence-corrected chi connectivity index (χ0v) is 15.8. The summed E-state index contributed by atoms with van der Waals surface area (Å²) >= 11 is 3.50. The summed E-state index contributed by atoms with van der Waals surface area (Å²) < 4.78 is 3.40. The second kappa shape index (κ2) is 6.64. The number of benzene rings is 2. The van der Waals surface area contributed by atoms with Crippen LogP contribution in [0.4, 0.5) is 0 Å². The summed E-state index contributed by atoms with van der Waals surface area (Å²) in [5.74, 6) is 0.286. The van der Waals surface area contributed by atoms with Gasteiger partial charge in [0.05, 0.1) is 0 Å². The van der Waals surface area contributed by atoms with Crippen molar-refractivity contribution in [1.82, 2.24) is 4.57 Å². The molecule has 0 spiro atoms. The summed E-state index contributed by atoms with van der Waals surface area (Å²) in [7, 11) is 0. The van der Waals surface area contributed by atoms with Crippen LogP contribution >= 0.6 is 15.9 Å². The molecule has 0 unspecified atom stereocenters. The van der Waals surface area contributed by atoms with Gasteiger partial charge in [-0.15, -0.1) is 0 Å². The lowest BCUT2D eigenvalue weighted by Gasteiger charge is -2.16. The summed E-state index contributed by atoms with van der Waals surface area (Å²) in [6.45, 7) is 2.96. The van der Waals surface area contributed by atoms with Gasteiger partial charge in [0.1, 0.15) is 0 Å². The Morgan fingerprint density at radius 3 is 2.40 bits per heavy atom. The molecule has 0 saturated carbocycles. The predicted molar refractivity (Wildman–Crippen MR) is 105 cm³/mol. The van der Waals surface area contributed by atoms with Gasteiger partial charge < -0.3 is 4.57 Å². The van der Waals surface area contributed by atoms with Crippen LogP contribution in [0.1, 0.15) is 40.2 Å². The lowest BCUT2D eigenvalue weighted by Crippen LogP contribution is -2.14. The molecule has 25 heavy (non-hydrogen) atoms. The summed E-state index contributed by atoms with van der Waals surface area (Å²) in [4.78, 5) is 12.7. The quantitative estimate of drug-likeness (QED) is 0.551. The van der Waals surface area contributed by atoms with E-state index in [0.29, 0.717) is 6.42 Å². The molecule has 1 aromatic heterocycles. The third kappa shape index (κ3) is 2.98. The van der Waals surface area contributed by atoms with Crippen LogP contribution in [0.15, 0.2) is 59.1 Å². The third-order valence-electron chi connectivity index (χ3n) is 5.04. The molecular weight excluding hydrogens is 374 g/mol. The van der Waals surface area contributed by atoms with E-state index in [0.717, 1.165) is 40.5 Å². The van der Waals surface area contributed by atoms with E-state index in [1.807, 2.05) is 18.2 Å². The van der Waals surface area contributed by atoms with Gasteiger partial charge in [-0.3, -0.25) is 4.79 Å². The normalized spacial score (nSPS) is 13.8. The number of ketones is 1. The Hall–Kier alpha value is -2.13. The zero-order valence-electron chi connectivity index (χ0n) is 14.3. The Bertz CT molecular complexity index is 923. The number of fused-ring (bicyclic) bond motifs is 1. The van der Waals surface area contributed by atoms with Crippen molar-refractivity contribution in [1.29, 1.82) is 0 Å². The summed E-state index contributed by atoms with van der Waals surface area (Å²) in [6.07, 6.45) is 2.58. The second-order valence-corrected chi connectivity index (χ2v) is 7.55. The maximum atomic E-state index is 12.7. The van der Waals surface area contributed by atoms with Crippen molar-refractivity contribution in [3.05, 3.63) is 81.6 Å². The van der Waals surface area contributed by atoms with Gasteiger partial charge in [0.25, 0.3) is 0 Å². The Morgan fingerprint density at radius 2 is 1.68 bits per heavy atom. The standard InChI is InChI=1S/C22H20BrNO/c1-15-21(17-10-12-18(23)13-11-17)22-19(8-5-9-20(22)25)24(15)14-16-6-3-2-4-7-16/h2-4,6-7,10-13H,5,8-9,14H2,1H3. The fourth-order valence-corrected chi connectivity index (χ4v) is 4.11. The molecule has 2 aromatic carbocycles. The van der Waals surface area contributed by atoms with Crippen molar-refractivity contribution in [2.45, 2.75) is 32.7 Å². The number of rotatable bonds is 3. The van der Waals surface area contributed by atoms with Crippen LogP contribution in [0.25, 0.3) is 11.1 Å². The molecule has 0 N–H and O–H groups in total. The van der Waals surface area contributed by atoms with Gasteiger partial charge in [-0.2, -0.15) is 0 Å². The van der Waals surface area contributed by atoms with Crippen LogP contribution in [0.5, 0.6) is 0 Å². The molecule has 0 aliphatic heterocycles. The Kier molecular flexibility index (Phi) is 4.34. The predicted octanol–water partition coefficient (Wildman–Crippen LogP) is 5.79. The van der Waals surface area contributed by atoms with Crippen molar-refractivity contribution < 1.29 is 4.79 Å². The number of halogens is 1. The lowest BCUT2D eigenvalue weighted by atomic mass is 9.90. The molecule has 4 rings (SSSR count). The van der Waals surface area contributed by atoms with Crippen LogP contribution in [-0.2, 0) is 13.0 Å². The molecule has 1 aliphatic carbocycles. The maximum Gasteiger partial charge on any atom is 0.165 e. The number of aromatic nitrogens is 1. The second-order valence-electron chi connectivity index (χ2n) is 6.64. The van der Waals surface area contributed by atoms with E-state index in [1.165, 1.54) is 17.0 Å². The molecule has 126 valence electrons. The van der Waals surface area contributed by atoms with Crippen molar-refractivity contribution in [2.75, 3.05) is 0 Å². The minimum absolute atomic E-state index is 0.286. The maximum absolute atomic E-state index is 12.7. The first-order chi connectivity index (χ1) is 12.1. The van der Waals surface area contributed by atoms with Crippen LogP contribution in [0.2, 0.25) is 0 Å². The summed E-state index contributed by atoms with van der Waals surface area (Å²) in [6, 6.07) is 18.8. The minimum Gasteiger partial charge on any atom is -0.343 e. The highest BCUT2D eigenvalue weighted by atomic mass is 79.9. The topological polar surface area (TPSA) is 22.0 Å². The highest BCUT2D eigenvalue weighted by Gasteiger charge is 2.28. The van der Waals surface area contributed by atoms with Crippen molar-refractivity contribution in [2.24, 2.45) is 0 Å². The Labute approximate surface area is 156 Å². The third-order valence-corrected chi connectivity index (χ3v) is 5.57. The summed E-state index contributed by atoms with van der Waals surface area (Å²) in [5.41, 5.74) is 6.84. The van der Waals surface area contributed by atoms with Gasteiger partial charge in [0, 0.05) is 40.0 Å². The van der Waals surface area contributed by atoms with Gasteiger partial charge in [0.15, 0.2) is 5.78 Å². The van der Waals surface area contributed by atoms with E-state index in [9.17, 15) is 4.79 Å². The smallest absolute Gasteiger partial charge is 0.165 e. The highest BCUT2D eigenvalue weighted by molar-refractivity contribution is 9.10. The summed E-state index contributed by atoms with van der Waals surface area (Å²) in [5, 5.41) is 0. The molecule has 3 aromatic rings. The monoisotopic (exact) mass is 393 g/mol. The first-order valence-corrected chi connectivity index (χ1v) is 9.49. The van der Waals surface area contributed by atoms with E-state index in [-0.39, 0.29) is 5.78 Å². The van der Waals surface area contributed by atoms with Crippen molar-refractivity contribution >= 4 is 21.7 Å². The van der Waals surface area contributed by atoms with Crippen LogP contribution < -0.4 is 0 Å². The molecule has 0 fully saturated rings. The number of hydrogen-bond acceptors (Lipinski definition) is 1. The van der Waals surface area contributed by atoms with E-state index in [1.54, 1.807) is 0 Å². The van der Waals surface area contributed by atoms with Gasteiger partial charge in [-0.05, 0) is 43.0 Å². The number of hydrogen-bond donors (Lipinski definition) is 0. The van der Waals surface area contributed by atoms with Gasteiger partial charge in [-0.25, -0.2) is 0 Å². The van der Waals surface area contributed by atoms with Crippen LogP contribution in [0.3, 0.4) is 0 Å². The fourth-order valence-electron chi connectivity index (χ4n) is 3.85. The lowest BCUT2D eigenvalue weighted by molar-refractivity contribution is 0.0972.